The summed E-state index contributed by atoms with van der Waals surface area (Å²) in [6.45, 7) is 3.23. The van der Waals surface area contributed by atoms with E-state index in [1.54, 1.807) is 22.7 Å². The van der Waals surface area contributed by atoms with Crippen LogP contribution < -0.4 is 5.32 Å². The number of nitrogens with zero attached hydrogens (tertiary/aromatic N) is 2. The van der Waals surface area contributed by atoms with Crippen molar-refractivity contribution in [2.75, 3.05) is 20.1 Å². The van der Waals surface area contributed by atoms with Gasteiger partial charge in [-0.2, -0.15) is 11.3 Å². The molecule has 0 aromatic carbocycles. The van der Waals surface area contributed by atoms with Crippen molar-refractivity contribution in [3.63, 3.8) is 0 Å². The zero-order chi connectivity index (χ0) is 13.1. The molecule has 0 radical (unpaired) electrons. The van der Waals surface area contributed by atoms with Gasteiger partial charge in [0.15, 0.2) is 0 Å². The molecule has 5 heteroatoms. The number of thiazole rings is 1. The fourth-order valence-corrected chi connectivity index (χ4v) is 4.02. The van der Waals surface area contributed by atoms with E-state index in [-0.39, 0.29) is 0 Å². The van der Waals surface area contributed by atoms with E-state index in [0.717, 1.165) is 18.1 Å². The van der Waals surface area contributed by atoms with Crippen LogP contribution in [0.2, 0.25) is 0 Å². The van der Waals surface area contributed by atoms with Crippen LogP contribution in [0.15, 0.2) is 22.2 Å². The van der Waals surface area contributed by atoms with Crippen molar-refractivity contribution in [3.8, 4) is 10.6 Å². The number of rotatable bonds is 4. The minimum Gasteiger partial charge on any atom is -0.315 e. The van der Waals surface area contributed by atoms with Crippen LogP contribution in [-0.2, 0) is 6.54 Å². The zero-order valence-corrected chi connectivity index (χ0v) is 12.8. The Morgan fingerprint density at radius 2 is 2.42 bits per heavy atom. The molecule has 2 aromatic heterocycles. The van der Waals surface area contributed by atoms with Crippen molar-refractivity contribution in [2.24, 2.45) is 0 Å². The van der Waals surface area contributed by atoms with Crippen LogP contribution in [-0.4, -0.2) is 36.1 Å². The van der Waals surface area contributed by atoms with Gasteiger partial charge in [-0.1, -0.05) is 0 Å². The lowest BCUT2D eigenvalue weighted by molar-refractivity contribution is 0.194. The first-order valence-corrected chi connectivity index (χ1v) is 8.53. The lowest BCUT2D eigenvalue weighted by Gasteiger charge is -2.31. The maximum atomic E-state index is 4.75. The van der Waals surface area contributed by atoms with Gasteiger partial charge in [0.05, 0.1) is 5.69 Å². The summed E-state index contributed by atoms with van der Waals surface area (Å²) < 4.78 is 0. The summed E-state index contributed by atoms with van der Waals surface area (Å²) in [6.07, 6.45) is 2.58. The summed E-state index contributed by atoms with van der Waals surface area (Å²) in [7, 11) is 2.21. The Morgan fingerprint density at radius 1 is 1.47 bits per heavy atom. The van der Waals surface area contributed by atoms with Gasteiger partial charge in [0.1, 0.15) is 5.01 Å². The van der Waals surface area contributed by atoms with E-state index < -0.39 is 0 Å². The first-order valence-electron chi connectivity index (χ1n) is 6.71. The highest BCUT2D eigenvalue weighted by molar-refractivity contribution is 7.14. The van der Waals surface area contributed by atoms with E-state index in [9.17, 15) is 0 Å². The number of hydrogen-bond donors (Lipinski definition) is 1. The van der Waals surface area contributed by atoms with Crippen LogP contribution in [0.5, 0.6) is 0 Å². The number of thiophene rings is 1. The normalized spacial score (nSPS) is 20.0. The molecule has 102 valence electrons. The lowest BCUT2D eigenvalue weighted by atomic mass is 10.1. The van der Waals surface area contributed by atoms with Gasteiger partial charge in [-0.3, -0.25) is 4.90 Å². The largest absolute Gasteiger partial charge is 0.315 e. The van der Waals surface area contributed by atoms with Crippen molar-refractivity contribution in [1.29, 1.82) is 0 Å². The molecule has 3 heterocycles. The maximum absolute atomic E-state index is 4.75. The number of piperidine rings is 1. The van der Waals surface area contributed by atoms with Crippen LogP contribution in [0.1, 0.15) is 18.5 Å². The van der Waals surface area contributed by atoms with Crippen LogP contribution in [0.3, 0.4) is 0 Å². The Kier molecular flexibility index (Phi) is 4.28. The molecule has 1 fully saturated rings. The Balaban J connectivity index is 1.63. The highest BCUT2D eigenvalue weighted by atomic mass is 32.1. The van der Waals surface area contributed by atoms with E-state index in [4.69, 9.17) is 4.98 Å². The molecule has 1 unspecified atom stereocenters. The quantitative estimate of drug-likeness (QED) is 0.939. The third kappa shape index (κ3) is 3.23. The molecule has 0 spiro atoms. The van der Waals surface area contributed by atoms with Gasteiger partial charge >= 0.3 is 0 Å². The minimum absolute atomic E-state index is 0.653. The topological polar surface area (TPSA) is 28.2 Å². The molecule has 3 rings (SSSR count). The van der Waals surface area contributed by atoms with Gasteiger partial charge in [0.2, 0.25) is 0 Å². The Bertz CT molecular complexity index is 501. The first-order chi connectivity index (χ1) is 9.33. The van der Waals surface area contributed by atoms with E-state index in [2.05, 4.69) is 39.5 Å². The van der Waals surface area contributed by atoms with Crippen LogP contribution in [0.25, 0.3) is 10.6 Å². The van der Waals surface area contributed by atoms with Gasteiger partial charge in [-0.25, -0.2) is 4.98 Å². The standard InChI is InChI=1S/C14H19N3S2/c1-17(13-3-2-5-15-7-13)8-12-10-19-14(16-12)11-4-6-18-9-11/h4,6,9-10,13,15H,2-3,5,7-8H2,1H3. The molecule has 1 saturated heterocycles. The van der Waals surface area contributed by atoms with Crippen molar-refractivity contribution >= 4 is 22.7 Å². The molecule has 1 N–H and O–H groups in total. The predicted molar refractivity (Wildman–Crippen MR) is 82.8 cm³/mol. The second-order valence-electron chi connectivity index (χ2n) is 5.07. The van der Waals surface area contributed by atoms with Gasteiger partial charge in [-0.15, -0.1) is 11.3 Å². The van der Waals surface area contributed by atoms with Crippen molar-refractivity contribution < 1.29 is 0 Å². The molecule has 0 saturated carbocycles. The molecule has 3 nitrogen and oxygen atoms in total. The molecule has 1 atom stereocenters. The Labute approximate surface area is 122 Å². The zero-order valence-electron chi connectivity index (χ0n) is 11.1. The van der Waals surface area contributed by atoms with Crippen LogP contribution >= 0.6 is 22.7 Å². The second-order valence-corrected chi connectivity index (χ2v) is 6.71. The molecular weight excluding hydrogens is 274 g/mol. The number of nitrogens with one attached hydrogen (secondary N) is 1. The smallest absolute Gasteiger partial charge is 0.124 e. The number of aromatic nitrogens is 1. The molecule has 0 bridgehead atoms. The van der Waals surface area contributed by atoms with Gasteiger partial charge in [0, 0.05) is 35.5 Å². The summed E-state index contributed by atoms with van der Waals surface area (Å²) in [6, 6.07) is 2.79. The number of hydrogen-bond acceptors (Lipinski definition) is 5. The summed E-state index contributed by atoms with van der Waals surface area (Å²) >= 11 is 3.48. The van der Waals surface area contributed by atoms with Gasteiger partial charge < -0.3 is 5.32 Å². The van der Waals surface area contributed by atoms with Crippen LogP contribution in [0, 0.1) is 0 Å². The van der Waals surface area contributed by atoms with Crippen molar-refractivity contribution in [3.05, 3.63) is 27.9 Å². The van der Waals surface area contributed by atoms with Gasteiger partial charge in [0.25, 0.3) is 0 Å². The van der Waals surface area contributed by atoms with Crippen molar-refractivity contribution in [2.45, 2.75) is 25.4 Å². The second kappa shape index (κ2) is 6.13. The summed E-state index contributed by atoms with van der Waals surface area (Å²) in [4.78, 5) is 7.18. The van der Waals surface area contributed by atoms with E-state index in [1.165, 1.54) is 30.6 Å². The summed E-state index contributed by atoms with van der Waals surface area (Å²) in [5, 5.41) is 11.1. The molecule has 19 heavy (non-hydrogen) atoms. The first kappa shape index (κ1) is 13.2. The maximum Gasteiger partial charge on any atom is 0.124 e. The van der Waals surface area contributed by atoms with Gasteiger partial charge in [-0.05, 0) is 37.9 Å². The highest BCUT2D eigenvalue weighted by Gasteiger charge is 2.18. The monoisotopic (exact) mass is 293 g/mol. The molecule has 0 amide bonds. The molecule has 2 aromatic rings. The summed E-state index contributed by atoms with van der Waals surface area (Å²) in [5.41, 5.74) is 2.45. The third-order valence-corrected chi connectivity index (χ3v) is 5.25. The third-order valence-electron chi connectivity index (χ3n) is 3.63. The van der Waals surface area contributed by atoms with E-state index in [0.29, 0.717) is 6.04 Å². The average Bonchev–Trinajstić information content (AvgIpc) is 3.10. The lowest BCUT2D eigenvalue weighted by Crippen LogP contribution is -2.43. The molecule has 0 aliphatic carbocycles. The van der Waals surface area contributed by atoms with Crippen molar-refractivity contribution in [1.82, 2.24) is 15.2 Å². The highest BCUT2D eigenvalue weighted by Crippen LogP contribution is 2.26. The average molecular weight is 293 g/mol. The van der Waals surface area contributed by atoms with Crippen LogP contribution in [0.4, 0.5) is 0 Å². The summed E-state index contributed by atoms with van der Waals surface area (Å²) in [5.74, 6) is 0. The number of likely N-dealkylation sites (N-methyl/N-ethyl adjacent to an activating group) is 1. The minimum atomic E-state index is 0.653. The van der Waals surface area contributed by atoms with E-state index in [1.807, 2.05) is 0 Å². The molecule has 1 aliphatic heterocycles. The van der Waals surface area contributed by atoms with E-state index >= 15 is 0 Å². The Hall–Kier alpha value is -0.750. The predicted octanol–water partition coefficient (Wildman–Crippen LogP) is 3.06. The Morgan fingerprint density at radius 3 is 3.16 bits per heavy atom. The SMILES string of the molecule is CN(Cc1csc(-c2ccsc2)n1)C1CCCNC1. The fourth-order valence-electron chi connectivity index (χ4n) is 2.49. The molecular formula is C14H19N3S2. The molecule has 1 aliphatic rings. The fraction of sp³-hybridized carbons (Fsp3) is 0.500.